The number of benzene rings is 1. The molecule has 0 saturated heterocycles. The third-order valence-electron chi connectivity index (χ3n) is 3.27. The van der Waals surface area contributed by atoms with E-state index in [1.165, 1.54) is 18.2 Å². The van der Waals surface area contributed by atoms with Crippen molar-refractivity contribution in [2.45, 2.75) is 39.2 Å². The Morgan fingerprint density at radius 1 is 1.07 bits per heavy atom. The van der Waals surface area contributed by atoms with Gasteiger partial charge in [-0.15, -0.1) is 24.0 Å². The van der Waals surface area contributed by atoms with Crippen molar-refractivity contribution in [1.29, 1.82) is 0 Å². The highest BCUT2D eigenvalue weighted by Crippen LogP contribution is 2.12. The van der Waals surface area contributed by atoms with Crippen molar-refractivity contribution in [2.75, 3.05) is 26.7 Å². The van der Waals surface area contributed by atoms with E-state index in [4.69, 9.17) is 4.74 Å². The predicted molar refractivity (Wildman–Crippen MR) is 114 cm³/mol. The molecule has 9 heteroatoms. The fourth-order valence-electron chi connectivity index (χ4n) is 2.10. The van der Waals surface area contributed by atoms with Gasteiger partial charge in [-0.05, 0) is 45.7 Å². The highest BCUT2D eigenvalue weighted by molar-refractivity contribution is 14.0. The third-order valence-corrected chi connectivity index (χ3v) is 3.27. The van der Waals surface area contributed by atoms with E-state index in [1.54, 1.807) is 27.8 Å². The molecule has 0 aromatic heterocycles. The average molecular weight is 498 g/mol. The van der Waals surface area contributed by atoms with Crippen molar-refractivity contribution in [3.63, 3.8) is 0 Å². The highest BCUT2D eigenvalue weighted by Gasteiger charge is 2.15. The molecule has 0 aliphatic carbocycles. The van der Waals surface area contributed by atoms with Gasteiger partial charge in [0, 0.05) is 32.2 Å². The zero-order valence-corrected chi connectivity index (χ0v) is 18.5. The molecule has 0 aliphatic rings. The predicted octanol–water partition coefficient (Wildman–Crippen LogP) is 3.21. The lowest BCUT2D eigenvalue weighted by molar-refractivity contribution is 0.0527. The Morgan fingerprint density at radius 3 is 2.19 bits per heavy atom. The van der Waals surface area contributed by atoms with Gasteiger partial charge in [0.2, 0.25) is 0 Å². The van der Waals surface area contributed by atoms with E-state index in [2.05, 4.69) is 20.9 Å². The van der Waals surface area contributed by atoms with Crippen LogP contribution < -0.4 is 16.0 Å². The molecular formula is C18H29F2IN4O2. The topological polar surface area (TPSA) is 74.8 Å². The summed E-state index contributed by atoms with van der Waals surface area (Å²) >= 11 is 0. The average Bonchev–Trinajstić information content (AvgIpc) is 2.53. The number of rotatable bonds is 7. The Kier molecular flexibility index (Phi) is 11.9. The van der Waals surface area contributed by atoms with E-state index in [0.717, 1.165) is 0 Å². The van der Waals surface area contributed by atoms with Gasteiger partial charge in [0.25, 0.3) is 0 Å². The molecule has 1 rings (SSSR count). The van der Waals surface area contributed by atoms with Gasteiger partial charge in [0.1, 0.15) is 17.2 Å². The number of guanidine groups is 1. The van der Waals surface area contributed by atoms with Crippen molar-refractivity contribution >= 4 is 36.0 Å². The molecule has 1 aromatic carbocycles. The van der Waals surface area contributed by atoms with Crippen LogP contribution in [0, 0.1) is 11.6 Å². The molecule has 0 unspecified atom stereocenters. The number of carbonyl (C=O) groups excluding carboxylic acids is 1. The summed E-state index contributed by atoms with van der Waals surface area (Å²) in [5.41, 5.74) is -0.469. The van der Waals surface area contributed by atoms with Crippen LogP contribution in [0.5, 0.6) is 0 Å². The molecule has 0 radical (unpaired) electrons. The van der Waals surface area contributed by atoms with Crippen LogP contribution in [0.4, 0.5) is 13.6 Å². The number of aliphatic imine (C=N–C) groups is 1. The molecule has 1 aromatic rings. The lowest BCUT2D eigenvalue weighted by Crippen LogP contribution is -2.40. The lowest BCUT2D eigenvalue weighted by Gasteiger charge is -2.19. The molecule has 154 valence electrons. The number of nitrogens with zero attached hydrogens (tertiary/aromatic N) is 1. The number of alkyl carbamates (subject to hydrolysis) is 1. The molecule has 0 fully saturated rings. The number of amides is 1. The standard InChI is InChI=1S/C18H28F2N4O2.HI/c1-18(2,3)26-17(25)24-11-6-10-22-16(21-4)23-12-9-13-14(19)7-5-8-15(13)20;/h5,7-8H,6,9-12H2,1-4H3,(H,24,25)(H2,21,22,23);1H. The summed E-state index contributed by atoms with van der Waals surface area (Å²) in [7, 11) is 1.61. The van der Waals surface area contributed by atoms with E-state index in [-0.39, 0.29) is 36.0 Å². The van der Waals surface area contributed by atoms with E-state index in [1.807, 2.05) is 0 Å². The monoisotopic (exact) mass is 498 g/mol. The van der Waals surface area contributed by atoms with Gasteiger partial charge in [-0.1, -0.05) is 6.07 Å². The van der Waals surface area contributed by atoms with Gasteiger partial charge in [-0.25, -0.2) is 13.6 Å². The number of hydrogen-bond acceptors (Lipinski definition) is 3. The largest absolute Gasteiger partial charge is 0.444 e. The first-order chi connectivity index (χ1) is 12.2. The summed E-state index contributed by atoms with van der Waals surface area (Å²) in [4.78, 5) is 15.5. The summed E-state index contributed by atoms with van der Waals surface area (Å²) in [6.45, 7) is 6.78. The maximum absolute atomic E-state index is 13.6. The van der Waals surface area contributed by atoms with Crippen LogP contribution in [0.3, 0.4) is 0 Å². The van der Waals surface area contributed by atoms with Crippen LogP contribution in [0.2, 0.25) is 0 Å². The van der Waals surface area contributed by atoms with Crippen LogP contribution in [-0.4, -0.2) is 44.3 Å². The van der Waals surface area contributed by atoms with Gasteiger partial charge in [-0.2, -0.15) is 0 Å². The molecule has 0 aliphatic heterocycles. The second-order valence-electron chi connectivity index (χ2n) is 6.66. The van der Waals surface area contributed by atoms with Crippen LogP contribution in [0.15, 0.2) is 23.2 Å². The zero-order valence-electron chi connectivity index (χ0n) is 16.2. The number of ether oxygens (including phenoxy) is 1. The highest BCUT2D eigenvalue weighted by atomic mass is 127. The molecule has 0 atom stereocenters. The van der Waals surface area contributed by atoms with Crippen molar-refractivity contribution in [1.82, 2.24) is 16.0 Å². The van der Waals surface area contributed by atoms with Crippen LogP contribution in [0.25, 0.3) is 0 Å². The second-order valence-corrected chi connectivity index (χ2v) is 6.66. The summed E-state index contributed by atoms with van der Waals surface area (Å²) in [6.07, 6.45) is 0.424. The molecule has 0 bridgehead atoms. The van der Waals surface area contributed by atoms with Gasteiger partial charge < -0.3 is 20.7 Å². The maximum atomic E-state index is 13.6. The summed E-state index contributed by atoms with van der Waals surface area (Å²) in [5.74, 6) is -0.579. The molecule has 0 spiro atoms. The van der Waals surface area contributed by atoms with E-state index >= 15 is 0 Å². The van der Waals surface area contributed by atoms with Crippen molar-refractivity contribution in [3.8, 4) is 0 Å². The smallest absolute Gasteiger partial charge is 0.407 e. The zero-order chi connectivity index (χ0) is 19.6. The van der Waals surface area contributed by atoms with Crippen molar-refractivity contribution in [3.05, 3.63) is 35.4 Å². The van der Waals surface area contributed by atoms with E-state index < -0.39 is 23.3 Å². The molecule has 0 saturated carbocycles. The first kappa shape index (κ1) is 25.4. The molecule has 1 amide bonds. The Hall–Kier alpha value is -1.65. The quantitative estimate of drug-likeness (QED) is 0.234. The van der Waals surface area contributed by atoms with Crippen LogP contribution >= 0.6 is 24.0 Å². The van der Waals surface area contributed by atoms with Gasteiger partial charge in [-0.3, -0.25) is 4.99 Å². The number of carbonyl (C=O) groups is 1. The van der Waals surface area contributed by atoms with Crippen LogP contribution in [0.1, 0.15) is 32.8 Å². The van der Waals surface area contributed by atoms with E-state index in [0.29, 0.717) is 32.0 Å². The normalized spacial score (nSPS) is 11.4. The Balaban J connectivity index is 0.00000676. The third kappa shape index (κ3) is 10.9. The number of halogens is 3. The fourth-order valence-corrected chi connectivity index (χ4v) is 2.10. The fraction of sp³-hybridized carbons (Fsp3) is 0.556. The van der Waals surface area contributed by atoms with Gasteiger partial charge in [0.15, 0.2) is 5.96 Å². The SMILES string of the molecule is CN=C(NCCCNC(=O)OC(C)(C)C)NCCc1c(F)cccc1F.I. The van der Waals surface area contributed by atoms with Gasteiger partial charge >= 0.3 is 6.09 Å². The minimum Gasteiger partial charge on any atom is -0.444 e. The van der Waals surface area contributed by atoms with Gasteiger partial charge in [0.05, 0.1) is 0 Å². The Morgan fingerprint density at radius 2 is 1.63 bits per heavy atom. The minimum absolute atomic E-state index is 0. The maximum Gasteiger partial charge on any atom is 0.407 e. The summed E-state index contributed by atoms with van der Waals surface area (Å²) in [6, 6.07) is 3.82. The van der Waals surface area contributed by atoms with E-state index in [9.17, 15) is 13.6 Å². The molecule has 0 heterocycles. The van der Waals surface area contributed by atoms with Crippen LogP contribution in [-0.2, 0) is 11.2 Å². The van der Waals surface area contributed by atoms with Crippen molar-refractivity contribution < 1.29 is 18.3 Å². The first-order valence-electron chi connectivity index (χ1n) is 8.57. The molecule has 3 N–H and O–H groups in total. The Bertz CT molecular complexity index is 602. The number of nitrogens with one attached hydrogen (secondary N) is 3. The lowest BCUT2D eigenvalue weighted by atomic mass is 10.1. The number of hydrogen-bond donors (Lipinski definition) is 3. The Labute approximate surface area is 176 Å². The minimum atomic E-state index is -0.553. The van der Waals surface area contributed by atoms with Crippen molar-refractivity contribution in [2.24, 2.45) is 4.99 Å². The summed E-state index contributed by atoms with van der Waals surface area (Å²) < 4.78 is 32.2. The second kappa shape index (κ2) is 12.7. The summed E-state index contributed by atoms with van der Waals surface area (Å²) in [5, 5.41) is 8.73. The molecule has 27 heavy (non-hydrogen) atoms. The first-order valence-corrected chi connectivity index (χ1v) is 8.57. The molecule has 6 nitrogen and oxygen atoms in total. The molecular weight excluding hydrogens is 469 g/mol.